The van der Waals surface area contributed by atoms with Crippen LogP contribution in [0.4, 0.5) is 0 Å². The molecule has 2 nitrogen and oxygen atoms in total. The van der Waals surface area contributed by atoms with E-state index in [2.05, 4.69) is 0 Å². The minimum absolute atomic E-state index is 0.369. The van der Waals surface area contributed by atoms with E-state index in [-0.39, 0.29) is 0 Å². The summed E-state index contributed by atoms with van der Waals surface area (Å²) < 4.78 is 5.71. The number of rotatable bonds is 3. The molecule has 0 spiro atoms. The van der Waals surface area contributed by atoms with Crippen LogP contribution in [0, 0.1) is 0 Å². The van der Waals surface area contributed by atoms with Gasteiger partial charge in [0.25, 0.3) is 0 Å². The topological polar surface area (TPSA) is 35.2 Å². The predicted molar refractivity (Wildman–Crippen MR) is 75.9 cm³/mol. The first kappa shape index (κ1) is 13.5. The molecule has 0 saturated carbocycles. The van der Waals surface area contributed by atoms with Gasteiger partial charge in [0, 0.05) is 23.2 Å². The molecule has 0 heterocycles. The van der Waals surface area contributed by atoms with Crippen LogP contribution in [0.15, 0.2) is 36.4 Å². The van der Waals surface area contributed by atoms with Gasteiger partial charge in [-0.25, -0.2) is 0 Å². The van der Waals surface area contributed by atoms with Gasteiger partial charge in [-0.1, -0.05) is 40.9 Å². The molecule has 0 atom stereocenters. The first-order chi connectivity index (χ1) is 8.60. The normalized spacial score (nSPS) is 10.4. The molecular weight excluding hydrogens is 293 g/mol. The van der Waals surface area contributed by atoms with Crippen LogP contribution < -0.4 is 10.5 Å². The third kappa shape index (κ3) is 3.09. The fourth-order valence-corrected chi connectivity index (χ4v) is 1.91. The van der Waals surface area contributed by atoms with Crippen LogP contribution in [0.3, 0.4) is 0 Å². The molecule has 0 radical (unpaired) electrons. The minimum atomic E-state index is 0.369. The monoisotopic (exact) mass is 301 g/mol. The second-order valence-electron chi connectivity index (χ2n) is 3.63. The smallest absolute Gasteiger partial charge is 0.133 e. The third-order valence-corrected chi connectivity index (χ3v) is 3.34. The maximum atomic E-state index is 5.93. The van der Waals surface area contributed by atoms with Crippen LogP contribution in [0.5, 0.6) is 11.5 Å². The standard InChI is InChI=1S/C13H10Cl3NO/c14-9-2-1-8(7-17)13(5-9)18-10-3-4-11(15)12(16)6-10/h1-6H,7,17H2. The Bertz CT molecular complexity index is 572. The number of halogens is 3. The summed E-state index contributed by atoms with van der Waals surface area (Å²) in [5.74, 6) is 1.20. The summed E-state index contributed by atoms with van der Waals surface area (Å²) >= 11 is 17.7. The molecule has 0 fully saturated rings. The highest BCUT2D eigenvalue weighted by Gasteiger charge is 2.06. The molecule has 2 rings (SSSR count). The zero-order valence-corrected chi connectivity index (χ0v) is 11.6. The first-order valence-corrected chi connectivity index (χ1v) is 6.35. The summed E-state index contributed by atoms with van der Waals surface area (Å²) in [6.45, 7) is 0.369. The summed E-state index contributed by atoms with van der Waals surface area (Å²) in [5.41, 5.74) is 6.50. The van der Waals surface area contributed by atoms with E-state index in [4.69, 9.17) is 45.3 Å². The van der Waals surface area contributed by atoms with Crippen LogP contribution in [0.25, 0.3) is 0 Å². The number of hydrogen-bond acceptors (Lipinski definition) is 2. The number of benzene rings is 2. The minimum Gasteiger partial charge on any atom is -0.457 e. The first-order valence-electron chi connectivity index (χ1n) is 5.21. The van der Waals surface area contributed by atoms with Crippen LogP contribution in [0.2, 0.25) is 15.1 Å². The fourth-order valence-electron chi connectivity index (χ4n) is 1.46. The Morgan fingerprint density at radius 3 is 2.39 bits per heavy atom. The summed E-state index contributed by atoms with van der Waals surface area (Å²) in [5, 5.41) is 1.50. The lowest BCUT2D eigenvalue weighted by Gasteiger charge is -2.11. The van der Waals surface area contributed by atoms with Gasteiger partial charge in [-0.05, 0) is 24.3 Å². The van der Waals surface area contributed by atoms with Crippen molar-refractivity contribution in [3.63, 3.8) is 0 Å². The largest absolute Gasteiger partial charge is 0.457 e. The van der Waals surface area contributed by atoms with Gasteiger partial charge in [-0.2, -0.15) is 0 Å². The highest BCUT2D eigenvalue weighted by Crippen LogP contribution is 2.32. The molecular formula is C13H10Cl3NO. The summed E-state index contributed by atoms with van der Waals surface area (Å²) in [6.07, 6.45) is 0. The Kier molecular flexibility index (Phi) is 4.36. The zero-order valence-electron chi connectivity index (χ0n) is 9.29. The van der Waals surface area contributed by atoms with E-state index < -0.39 is 0 Å². The Morgan fingerprint density at radius 1 is 0.944 bits per heavy atom. The lowest BCUT2D eigenvalue weighted by Crippen LogP contribution is -1.99. The molecule has 0 aromatic heterocycles. The van der Waals surface area contributed by atoms with E-state index in [0.29, 0.717) is 33.1 Å². The van der Waals surface area contributed by atoms with Gasteiger partial charge in [-0.3, -0.25) is 0 Å². The van der Waals surface area contributed by atoms with Crippen LogP contribution in [0.1, 0.15) is 5.56 Å². The van der Waals surface area contributed by atoms with Gasteiger partial charge in [0.2, 0.25) is 0 Å². The Labute approximate surface area is 120 Å². The van der Waals surface area contributed by atoms with E-state index in [9.17, 15) is 0 Å². The molecule has 2 aromatic carbocycles. The van der Waals surface area contributed by atoms with Crippen molar-refractivity contribution in [2.45, 2.75) is 6.54 Å². The van der Waals surface area contributed by atoms with Crippen molar-refractivity contribution in [1.82, 2.24) is 0 Å². The van der Waals surface area contributed by atoms with E-state index in [1.807, 2.05) is 6.07 Å². The van der Waals surface area contributed by atoms with Crippen LogP contribution >= 0.6 is 34.8 Å². The van der Waals surface area contributed by atoms with Crippen molar-refractivity contribution in [3.05, 3.63) is 57.0 Å². The quantitative estimate of drug-likeness (QED) is 0.875. The van der Waals surface area contributed by atoms with Gasteiger partial charge in [-0.15, -0.1) is 0 Å². The Morgan fingerprint density at radius 2 is 1.72 bits per heavy atom. The molecule has 0 amide bonds. The molecule has 0 bridgehead atoms. The average molecular weight is 303 g/mol. The molecule has 0 aliphatic rings. The van der Waals surface area contributed by atoms with Crippen LogP contribution in [-0.4, -0.2) is 0 Å². The second-order valence-corrected chi connectivity index (χ2v) is 4.88. The SMILES string of the molecule is NCc1ccc(Cl)cc1Oc1ccc(Cl)c(Cl)c1. The molecule has 0 aliphatic heterocycles. The molecule has 94 valence electrons. The summed E-state index contributed by atoms with van der Waals surface area (Å²) in [4.78, 5) is 0. The van der Waals surface area contributed by atoms with E-state index in [1.165, 1.54) is 0 Å². The lowest BCUT2D eigenvalue weighted by molar-refractivity contribution is 0.476. The number of ether oxygens (including phenoxy) is 1. The molecule has 5 heteroatoms. The van der Waals surface area contributed by atoms with Crippen molar-refractivity contribution in [3.8, 4) is 11.5 Å². The zero-order chi connectivity index (χ0) is 13.1. The number of nitrogens with two attached hydrogens (primary N) is 1. The van der Waals surface area contributed by atoms with E-state index in [0.717, 1.165) is 5.56 Å². The molecule has 18 heavy (non-hydrogen) atoms. The third-order valence-electron chi connectivity index (χ3n) is 2.37. The molecule has 0 unspecified atom stereocenters. The Hall–Kier alpha value is -0.930. The Balaban J connectivity index is 2.33. The maximum Gasteiger partial charge on any atom is 0.133 e. The molecule has 2 N–H and O–H groups in total. The molecule has 0 saturated heterocycles. The highest BCUT2D eigenvalue weighted by molar-refractivity contribution is 6.42. The van der Waals surface area contributed by atoms with Crippen LogP contribution in [-0.2, 0) is 6.54 Å². The predicted octanol–water partition coefficient (Wildman–Crippen LogP) is 4.90. The van der Waals surface area contributed by atoms with Gasteiger partial charge in [0.05, 0.1) is 10.0 Å². The van der Waals surface area contributed by atoms with Gasteiger partial charge in [0.1, 0.15) is 11.5 Å². The van der Waals surface area contributed by atoms with E-state index in [1.54, 1.807) is 30.3 Å². The number of hydrogen-bond donors (Lipinski definition) is 1. The van der Waals surface area contributed by atoms with Crippen molar-refractivity contribution in [2.75, 3.05) is 0 Å². The van der Waals surface area contributed by atoms with Gasteiger partial charge < -0.3 is 10.5 Å². The van der Waals surface area contributed by atoms with Crippen molar-refractivity contribution < 1.29 is 4.74 Å². The average Bonchev–Trinajstić information content (AvgIpc) is 2.34. The molecule has 2 aromatic rings. The van der Waals surface area contributed by atoms with Gasteiger partial charge >= 0.3 is 0 Å². The maximum absolute atomic E-state index is 5.93. The fraction of sp³-hybridized carbons (Fsp3) is 0.0769. The second kappa shape index (κ2) is 5.81. The van der Waals surface area contributed by atoms with Gasteiger partial charge in [0.15, 0.2) is 0 Å². The highest BCUT2D eigenvalue weighted by atomic mass is 35.5. The summed E-state index contributed by atoms with van der Waals surface area (Å²) in [6, 6.07) is 10.4. The molecule has 0 aliphatic carbocycles. The lowest BCUT2D eigenvalue weighted by atomic mass is 10.2. The van der Waals surface area contributed by atoms with Crippen molar-refractivity contribution >= 4 is 34.8 Å². The van der Waals surface area contributed by atoms with Crippen molar-refractivity contribution in [2.24, 2.45) is 5.73 Å². The van der Waals surface area contributed by atoms with Crippen molar-refractivity contribution in [1.29, 1.82) is 0 Å². The summed E-state index contributed by atoms with van der Waals surface area (Å²) in [7, 11) is 0. The van der Waals surface area contributed by atoms with E-state index >= 15 is 0 Å².